The maximum Gasteiger partial charge on any atom is 0.258 e. The molecule has 4 heteroatoms. The second-order valence-corrected chi connectivity index (χ2v) is 8.09. The van der Waals surface area contributed by atoms with Crippen molar-refractivity contribution in [2.24, 2.45) is 0 Å². The lowest BCUT2D eigenvalue weighted by atomic mass is 9.87. The molecule has 136 valence electrons. The van der Waals surface area contributed by atoms with Gasteiger partial charge in [-0.2, -0.15) is 0 Å². The molecule has 4 nitrogen and oxygen atoms in total. The van der Waals surface area contributed by atoms with E-state index in [1.165, 1.54) is 11.1 Å². The van der Waals surface area contributed by atoms with E-state index in [2.05, 4.69) is 62.0 Å². The average molecular weight is 349 g/mol. The number of benzene rings is 1. The molecule has 26 heavy (non-hydrogen) atoms. The van der Waals surface area contributed by atoms with Crippen LogP contribution in [0.1, 0.15) is 43.2 Å². The summed E-state index contributed by atoms with van der Waals surface area (Å²) in [6.07, 6.45) is 1.77. The largest absolute Gasteiger partial charge is 0.296 e. The minimum Gasteiger partial charge on any atom is -0.296 e. The van der Waals surface area contributed by atoms with E-state index in [0.29, 0.717) is 6.54 Å². The van der Waals surface area contributed by atoms with Crippen molar-refractivity contribution in [3.05, 3.63) is 81.4 Å². The molecule has 0 saturated carbocycles. The van der Waals surface area contributed by atoms with E-state index in [-0.39, 0.29) is 11.0 Å². The Bertz CT molecular complexity index is 965. The molecule has 3 aromatic rings. The van der Waals surface area contributed by atoms with Gasteiger partial charge in [-0.3, -0.25) is 14.1 Å². The van der Waals surface area contributed by atoms with Gasteiger partial charge in [-0.1, -0.05) is 51.1 Å². The van der Waals surface area contributed by atoms with Gasteiger partial charge in [0.2, 0.25) is 0 Å². The summed E-state index contributed by atoms with van der Waals surface area (Å²) in [5, 5.41) is 0. The highest BCUT2D eigenvalue weighted by atomic mass is 16.1. The number of fused-ring (bicyclic) bond motifs is 1. The van der Waals surface area contributed by atoms with Crippen molar-refractivity contribution < 1.29 is 0 Å². The molecule has 2 aromatic heterocycles. The van der Waals surface area contributed by atoms with E-state index in [0.717, 1.165) is 23.4 Å². The van der Waals surface area contributed by atoms with Gasteiger partial charge >= 0.3 is 0 Å². The number of aryl methyl sites for hydroxylation is 1. The topological polar surface area (TPSA) is 37.6 Å². The molecule has 0 radical (unpaired) electrons. The highest BCUT2D eigenvalue weighted by molar-refractivity contribution is 5.46. The second-order valence-electron chi connectivity index (χ2n) is 8.09. The van der Waals surface area contributed by atoms with Crippen LogP contribution in [-0.4, -0.2) is 21.3 Å². The molecule has 0 aliphatic carbocycles. The van der Waals surface area contributed by atoms with Gasteiger partial charge in [0.15, 0.2) is 0 Å². The quantitative estimate of drug-likeness (QED) is 0.716. The molecular formula is C22H27N3O. The highest BCUT2D eigenvalue weighted by Gasteiger charge is 2.13. The first-order chi connectivity index (χ1) is 12.2. The van der Waals surface area contributed by atoms with Crippen molar-refractivity contribution in [2.45, 2.75) is 46.2 Å². The zero-order chi connectivity index (χ0) is 18.9. The molecule has 0 saturated heterocycles. The van der Waals surface area contributed by atoms with Crippen LogP contribution in [0.15, 0.2) is 53.5 Å². The van der Waals surface area contributed by atoms with Gasteiger partial charge in [0.25, 0.3) is 5.56 Å². The molecule has 0 amide bonds. The number of rotatable bonds is 4. The third kappa shape index (κ3) is 4.02. The normalized spacial score (nSPS) is 12.1. The van der Waals surface area contributed by atoms with Crippen LogP contribution < -0.4 is 5.56 Å². The van der Waals surface area contributed by atoms with Gasteiger partial charge in [-0.25, -0.2) is 4.98 Å². The monoisotopic (exact) mass is 349 g/mol. The molecule has 0 atom stereocenters. The van der Waals surface area contributed by atoms with Gasteiger partial charge in [-0.15, -0.1) is 0 Å². The van der Waals surface area contributed by atoms with Crippen LogP contribution in [0.5, 0.6) is 0 Å². The Labute approximate surface area is 155 Å². The molecule has 1 aromatic carbocycles. The van der Waals surface area contributed by atoms with Crippen LogP contribution in [-0.2, 0) is 18.5 Å². The summed E-state index contributed by atoms with van der Waals surface area (Å²) >= 11 is 0. The van der Waals surface area contributed by atoms with Crippen LogP contribution in [0.3, 0.4) is 0 Å². The molecule has 0 fully saturated rings. The molecule has 0 aliphatic heterocycles. The summed E-state index contributed by atoms with van der Waals surface area (Å²) in [5.41, 5.74) is 5.27. The summed E-state index contributed by atoms with van der Waals surface area (Å²) < 4.78 is 1.60. The lowest BCUT2D eigenvalue weighted by Gasteiger charge is -2.20. The maximum absolute atomic E-state index is 12.3. The lowest BCUT2D eigenvalue weighted by Crippen LogP contribution is -2.22. The molecular weight excluding hydrogens is 322 g/mol. The first kappa shape index (κ1) is 18.3. The average Bonchev–Trinajstić information content (AvgIpc) is 2.55. The highest BCUT2D eigenvalue weighted by Crippen LogP contribution is 2.22. The van der Waals surface area contributed by atoms with E-state index in [1.54, 1.807) is 16.7 Å². The lowest BCUT2D eigenvalue weighted by molar-refractivity contribution is 0.315. The first-order valence-corrected chi connectivity index (χ1v) is 9.00. The Balaban J connectivity index is 1.76. The van der Waals surface area contributed by atoms with Gasteiger partial charge < -0.3 is 0 Å². The van der Waals surface area contributed by atoms with Crippen molar-refractivity contribution >= 4 is 5.65 Å². The Hall–Kier alpha value is -2.46. The zero-order valence-corrected chi connectivity index (χ0v) is 16.3. The fourth-order valence-electron chi connectivity index (χ4n) is 3.14. The number of pyridine rings is 1. The summed E-state index contributed by atoms with van der Waals surface area (Å²) in [6, 6.07) is 14.3. The smallest absolute Gasteiger partial charge is 0.258 e. The van der Waals surface area contributed by atoms with E-state index in [4.69, 9.17) is 0 Å². The van der Waals surface area contributed by atoms with Gasteiger partial charge in [0.05, 0.1) is 5.69 Å². The predicted molar refractivity (Wildman–Crippen MR) is 107 cm³/mol. The predicted octanol–water partition coefficient (Wildman–Crippen LogP) is 3.93. The fourth-order valence-corrected chi connectivity index (χ4v) is 3.14. The summed E-state index contributed by atoms with van der Waals surface area (Å²) in [6.45, 7) is 10.1. The van der Waals surface area contributed by atoms with E-state index in [9.17, 15) is 4.79 Å². The minimum absolute atomic E-state index is 0.0309. The van der Waals surface area contributed by atoms with Crippen molar-refractivity contribution in [2.75, 3.05) is 7.05 Å². The van der Waals surface area contributed by atoms with Crippen molar-refractivity contribution in [3.8, 4) is 0 Å². The standard InChI is InChI=1S/C22H27N3O/c1-16-7-6-12-25-20(26)13-19(23-21(16)25)15-24(5)14-17-8-10-18(11-9-17)22(2,3)4/h6-13H,14-15H2,1-5H3. The van der Waals surface area contributed by atoms with Gasteiger partial charge in [0.1, 0.15) is 5.65 Å². The third-order valence-electron chi connectivity index (χ3n) is 4.64. The summed E-state index contributed by atoms with van der Waals surface area (Å²) in [7, 11) is 2.05. The molecule has 2 heterocycles. The fraction of sp³-hybridized carbons (Fsp3) is 0.364. The molecule has 3 rings (SSSR count). The van der Waals surface area contributed by atoms with Gasteiger partial charge in [0, 0.05) is 25.4 Å². The maximum atomic E-state index is 12.3. The number of hydrogen-bond acceptors (Lipinski definition) is 3. The van der Waals surface area contributed by atoms with Crippen molar-refractivity contribution in [1.82, 2.24) is 14.3 Å². The molecule has 0 aliphatic rings. The SMILES string of the molecule is Cc1cccn2c(=O)cc(CN(C)Cc3ccc(C(C)(C)C)cc3)nc12. The second kappa shape index (κ2) is 7.04. The van der Waals surface area contributed by atoms with E-state index < -0.39 is 0 Å². The summed E-state index contributed by atoms with van der Waals surface area (Å²) in [4.78, 5) is 19.2. The molecule has 0 N–H and O–H groups in total. The minimum atomic E-state index is -0.0309. The third-order valence-corrected chi connectivity index (χ3v) is 4.64. The first-order valence-electron chi connectivity index (χ1n) is 9.00. The Kier molecular flexibility index (Phi) is 4.97. The number of nitrogens with zero attached hydrogens (tertiary/aromatic N) is 3. The van der Waals surface area contributed by atoms with Crippen LogP contribution in [0.4, 0.5) is 0 Å². The van der Waals surface area contributed by atoms with Gasteiger partial charge in [-0.05, 0) is 42.1 Å². The van der Waals surface area contributed by atoms with Crippen LogP contribution >= 0.6 is 0 Å². The van der Waals surface area contributed by atoms with Crippen molar-refractivity contribution in [1.29, 1.82) is 0 Å². The molecule has 0 bridgehead atoms. The van der Waals surface area contributed by atoms with Crippen LogP contribution in [0.25, 0.3) is 5.65 Å². The Morgan fingerprint density at radius 2 is 1.77 bits per heavy atom. The Morgan fingerprint density at radius 3 is 2.42 bits per heavy atom. The number of hydrogen-bond donors (Lipinski definition) is 0. The zero-order valence-electron chi connectivity index (χ0n) is 16.3. The van der Waals surface area contributed by atoms with E-state index >= 15 is 0 Å². The van der Waals surface area contributed by atoms with Crippen LogP contribution in [0.2, 0.25) is 0 Å². The molecule has 0 spiro atoms. The summed E-state index contributed by atoms with van der Waals surface area (Å²) in [5.74, 6) is 0. The number of aromatic nitrogens is 2. The van der Waals surface area contributed by atoms with E-state index in [1.807, 2.05) is 19.1 Å². The Morgan fingerprint density at radius 1 is 1.08 bits per heavy atom. The molecule has 0 unspecified atom stereocenters. The van der Waals surface area contributed by atoms with Crippen molar-refractivity contribution in [3.63, 3.8) is 0 Å². The van der Waals surface area contributed by atoms with Crippen LogP contribution in [0, 0.1) is 6.92 Å².